The van der Waals surface area contributed by atoms with Gasteiger partial charge in [0, 0.05) is 30.7 Å². The number of carbonyl (C=O) groups is 1. The average Bonchev–Trinajstić information content (AvgIpc) is 3.58. The second-order valence-electron chi connectivity index (χ2n) is 9.28. The second kappa shape index (κ2) is 9.71. The van der Waals surface area contributed by atoms with E-state index >= 15 is 0 Å². The van der Waals surface area contributed by atoms with Crippen LogP contribution in [-0.2, 0) is 0 Å². The molecule has 190 valence electrons. The molecule has 2 bridgehead atoms. The van der Waals surface area contributed by atoms with E-state index in [1.165, 1.54) is 11.3 Å². The minimum atomic E-state index is 0.0392. The lowest BCUT2D eigenvalue weighted by Crippen LogP contribution is -2.56. The van der Waals surface area contributed by atoms with E-state index in [4.69, 9.17) is 9.72 Å². The number of carbonyl (C=O) groups excluding carboxylic acids is 1. The number of ether oxygens (including phenoxy) is 1. The zero-order valence-electron chi connectivity index (χ0n) is 20.8. The molecule has 2 fully saturated rings. The monoisotopic (exact) mass is 533 g/mol. The number of nitrogens with one attached hydrogen (secondary N) is 1. The maximum absolute atomic E-state index is 13.5. The molecule has 6 rings (SSSR count). The first-order chi connectivity index (χ1) is 18.0. The number of anilines is 3. The Morgan fingerprint density at radius 3 is 2.57 bits per heavy atom. The molecule has 0 aromatic carbocycles. The van der Waals surface area contributed by atoms with Crippen LogP contribution in [0.3, 0.4) is 0 Å². The first-order valence-corrected chi connectivity index (χ1v) is 13.9. The van der Waals surface area contributed by atoms with Crippen molar-refractivity contribution >= 4 is 45.3 Å². The summed E-state index contributed by atoms with van der Waals surface area (Å²) in [5.74, 6) is 2.20. The Hall–Kier alpha value is -3.57. The molecule has 0 spiro atoms. The number of thiazole rings is 2. The number of hydrogen-bond acceptors (Lipinski definition) is 10. The number of hydrogen-bond donors (Lipinski definition) is 1. The lowest BCUT2D eigenvalue weighted by molar-refractivity contribution is 0.0640. The molecule has 1 amide bonds. The van der Waals surface area contributed by atoms with Crippen molar-refractivity contribution in [3.8, 4) is 16.5 Å². The van der Waals surface area contributed by atoms with Crippen LogP contribution in [0.4, 0.5) is 16.8 Å². The maximum Gasteiger partial charge on any atom is 0.256 e. The zero-order chi connectivity index (χ0) is 25.5. The fourth-order valence-electron chi connectivity index (χ4n) is 5.17. The predicted octanol–water partition coefficient (Wildman–Crippen LogP) is 4.92. The molecule has 9 nitrogen and oxygen atoms in total. The number of fused-ring (bicyclic) bond motifs is 2. The number of rotatable bonds is 6. The van der Waals surface area contributed by atoms with E-state index in [-0.39, 0.29) is 18.0 Å². The van der Waals surface area contributed by atoms with E-state index in [1.807, 2.05) is 54.5 Å². The molecule has 1 N–H and O–H groups in total. The Morgan fingerprint density at radius 2 is 1.89 bits per heavy atom. The van der Waals surface area contributed by atoms with Crippen molar-refractivity contribution in [2.75, 3.05) is 30.4 Å². The number of piperazine rings is 1. The van der Waals surface area contributed by atoms with Crippen molar-refractivity contribution in [1.82, 2.24) is 24.8 Å². The van der Waals surface area contributed by atoms with Gasteiger partial charge >= 0.3 is 0 Å². The minimum absolute atomic E-state index is 0.0392. The van der Waals surface area contributed by atoms with Crippen LogP contribution in [0.2, 0.25) is 0 Å². The van der Waals surface area contributed by atoms with Crippen molar-refractivity contribution in [2.45, 2.75) is 38.8 Å². The number of methoxy groups -OCH3 is 1. The van der Waals surface area contributed by atoms with E-state index in [0.717, 1.165) is 58.2 Å². The Morgan fingerprint density at radius 1 is 1.08 bits per heavy atom. The van der Waals surface area contributed by atoms with Gasteiger partial charge in [0.05, 0.1) is 46.0 Å². The normalized spacial score (nSPS) is 18.8. The quantitative estimate of drug-likeness (QED) is 0.373. The molecule has 2 aliphatic rings. The Labute approximate surface area is 223 Å². The van der Waals surface area contributed by atoms with Crippen LogP contribution in [0.1, 0.15) is 33.9 Å². The molecule has 11 heteroatoms. The lowest BCUT2D eigenvalue weighted by Gasteiger charge is -2.41. The topological polar surface area (TPSA) is 96.4 Å². The molecular formula is C26H27N7O2S2. The van der Waals surface area contributed by atoms with E-state index < -0.39 is 0 Å². The van der Waals surface area contributed by atoms with Gasteiger partial charge in [-0.3, -0.25) is 4.79 Å². The first kappa shape index (κ1) is 23.8. The Kier molecular flexibility index (Phi) is 6.25. The van der Waals surface area contributed by atoms with Gasteiger partial charge in [-0.25, -0.2) is 15.0 Å². The molecule has 4 aromatic rings. The summed E-state index contributed by atoms with van der Waals surface area (Å²) in [5, 5.41) is 7.07. The van der Waals surface area contributed by atoms with Crippen molar-refractivity contribution in [3.05, 3.63) is 58.2 Å². The summed E-state index contributed by atoms with van der Waals surface area (Å²) in [5.41, 5.74) is 2.52. The van der Waals surface area contributed by atoms with Crippen molar-refractivity contribution < 1.29 is 9.53 Å². The molecule has 4 aromatic heterocycles. The molecule has 0 aliphatic carbocycles. The van der Waals surface area contributed by atoms with E-state index in [0.29, 0.717) is 17.3 Å². The molecule has 0 radical (unpaired) electrons. The van der Waals surface area contributed by atoms with Crippen LogP contribution in [0.5, 0.6) is 5.88 Å². The summed E-state index contributed by atoms with van der Waals surface area (Å²) in [7, 11) is 1.62. The Balaban J connectivity index is 1.12. The van der Waals surface area contributed by atoms with Crippen LogP contribution in [-0.4, -0.2) is 63.0 Å². The molecule has 37 heavy (non-hydrogen) atoms. The number of aryl methyl sites for hydroxylation is 2. The number of aromatic nitrogens is 4. The lowest BCUT2D eigenvalue weighted by atomic mass is 10.1. The standard InChI is InChI=1S/C26H27N7O2S2/c1-15-24(37-16(2)28-15)20-14-36-26(29-20)30-21-10-7-17(11-27-21)25(34)33-18-8-9-19(33)13-32(12-18)22-5-4-6-23(31-22)35-3/h4-7,10-11,14,18-19H,8-9,12-13H2,1-3H3,(H,27,29,30)/t18-,19+. The summed E-state index contributed by atoms with van der Waals surface area (Å²) in [6, 6.07) is 9.80. The molecule has 2 aliphatic heterocycles. The number of amides is 1. The summed E-state index contributed by atoms with van der Waals surface area (Å²) in [6.45, 7) is 5.54. The largest absolute Gasteiger partial charge is 0.481 e. The number of nitrogens with zero attached hydrogens (tertiary/aromatic N) is 6. The van der Waals surface area contributed by atoms with Crippen LogP contribution in [0.25, 0.3) is 10.6 Å². The predicted molar refractivity (Wildman–Crippen MR) is 146 cm³/mol. The highest BCUT2D eigenvalue weighted by Crippen LogP contribution is 2.35. The van der Waals surface area contributed by atoms with Crippen LogP contribution < -0.4 is 15.0 Å². The van der Waals surface area contributed by atoms with Gasteiger partial charge in [0.15, 0.2) is 5.13 Å². The zero-order valence-corrected chi connectivity index (χ0v) is 22.5. The molecule has 0 unspecified atom stereocenters. The fourth-order valence-corrected chi connectivity index (χ4v) is 6.84. The molecule has 0 saturated carbocycles. The van der Waals surface area contributed by atoms with E-state index in [1.54, 1.807) is 24.6 Å². The van der Waals surface area contributed by atoms with E-state index in [2.05, 4.69) is 25.2 Å². The maximum atomic E-state index is 13.5. The highest BCUT2D eigenvalue weighted by Gasteiger charge is 2.43. The molecule has 2 saturated heterocycles. The first-order valence-electron chi connectivity index (χ1n) is 12.2. The Bertz CT molecular complexity index is 1420. The van der Waals surface area contributed by atoms with Crippen molar-refractivity contribution in [2.24, 2.45) is 0 Å². The fraction of sp³-hybridized carbons (Fsp3) is 0.346. The van der Waals surface area contributed by atoms with Crippen molar-refractivity contribution in [3.63, 3.8) is 0 Å². The molecular weight excluding hydrogens is 506 g/mol. The average molecular weight is 534 g/mol. The summed E-state index contributed by atoms with van der Waals surface area (Å²) >= 11 is 3.17. The smallest absolute Gasteiger partial charge is 0.256 e. The van der Waals surface area contributed by atoms with Gasteiger partial charge in [-0.05, 0) is 44.9 Å². The van der Waals surface area contributed by atoms with Gasteiger partial charge in [-0.15, -0.1) is 22.7 Å². The highest BCUT2D eigenvalue weighted by molar-refractivity contribution is 7.16. The third-order valence-corrected chi connectivity index (χ3v) is 8.70. The van der Waals surface area contributed by atoms with Crippen LogP contribution >= 0.6 is 22.7 Å². The summed E-state index contributed by atoms with van der Waals surface area (Å²) in [4.78, 5) is 37.1. The van der Waals surface area contributed by atoms with Gasteiger partial charge in [-0.2, -0.15) is 4.98 Å². The molecule has 2 atom stereocenters. The van der Waals surface area contributed by atoms with Crippen molar-refractivity contribution in [1.29, 1.82) is 0 Å². The van der Waals surface area contributed by atoms with Gasteiger partial charge < -0.3 is 19.9 Å². The van der Waals surface area contributed by atoms with E-state index in [9.17, 15) is 4.79 Å². The van der Waals surface area contributed by atoms with Crippen LogP contribution in [0, 0.1) is 13.8 Å². The van der Waals surface area contributed by atoms with Gasteiger partial charge in [0.2, 0.25) is 5.88 Å². The third kappa shape index (κ3) is 4.64. The third-order valence-electron chi connectivity index (χ3n) is 6.84. The summed E-state index contributed by atoms with van der Waals surface area (Å²) in [6.07, 6.45) is 3.65. The SMILES string of the molecule is COc1cccc(N2C[C@H]3CC[C@@H](C2)N3C(=O)c2ccc(Nc3nc(-c4sc(C)nc4C)cs3)nc2)n1. The highest BCUT2D eigenvalue weighted by atomic mass is 32.1. The molecule has 6 heterocycles. The van der Waals surface area contributed by atoms with Gasteiger partial charge in [0.1, 0.15) is 11.6 Å². The number of pyridine rings is 2. The van der Waals surface area contributed by atoms with Gasteiger partial charge in [-0.1, -0.05) is 6.07 Å². The second-order valence-corrected chi connectivity index (χ2v) is 11.3. The summed E-state index contributed by atoms with van der Waals surface area (Å²) < 4.78 is 5.29. The van der Waals surface area contributed by atoms with Gasteiger partial charge in [0.25, 0.3) is 5.91 Å². The van der Waals surface area contributed by atoms with Crippen LogP contribution in [0.15, 0.2) is 41.9 Å². The minimum Gasteiger partial charge on any atom is -0.481 e.